The molecule has 3 atom stereocenters. The van der Waals surface area contributed by atoms with Gasteiger partial charge in [-0.25, -0.2) is 4.57 Å². The number of aliphatic hydroxyl groups is 1. The minimum absolute atomic E-state index is 0.0555. The monoisotopic (exact) mass is 1200 g/mol. The van der Waals surface area contributed by atoms with E-state index in [0.717, 1.165) is 44.9 Å². The van der Waals surface area contributed by atoms with Crippen LogP contribution >= 0.6 is 7.82 Å². The van der Waals surface area contributed by atoms with Crippen LogP contribution in [0.4, 0.5) is 0 Å². The second-order valence-electron chi connectivity index (χ2n) is 27.0. The molecule has 0 radical (unpaired) electrons. The lowest BCUT2D eigenvalue weighted by Gasteiger charge is -2.25. The summed E-state index contributed by atoms with van der Waals surface area (Å²) in [6.07, 6.45) is 89.0. The molecule has 3 unspecified atom stereocenters. The van der Waals surface area contributed by atoms with Crippen LogP contribution in [0.5, 0.6) is 0 Å². The molecule has 0 spiro atoms. The second-order valence-corrected chi connectivity index (χ2v) is 28.5. The molecule has 9 heteroatoms. The number of phosphoric acid groups is 1. The van der Waals surface area contributed by atoms with Crippen LogP contribution in [0.2, 0.25) is 0 Å². The number of nitrogens with zero attached hydrogens (tertiary/aromatic N) is 1. The van der Waals surface area contributed by atoms with Gasteiger partial charge in [0.1, 0.15) is 13.2 Å². The Kier molecular flexibility index (Phi) is 65.1. The third-order valence-corrected chi connectivity index (χ3v) is 18.3. The zero-order chi connectivity index (χ0) is 61.2. The molecule has 0 aliphatic rings. The van der Waals surface area contributed by atoms with Gasteiger partial charge in [0.2, 0.25) is 5.91 Å². The van der Waals surface area contributed by atoms with Crippen molar-refractivity contribution in [3.05, 3.63) is 36.5 Å². The lowest BCUT2D eigenvalue weighted by Crippen LogP contribution is -2.45. The van der Waals surface area contributed by atoms with Crippen molar-refractivity contribution in [3.8, 4) is 0 Å². The summed E-state index contributed by atoms with van der Waals surface area (Å²) in [6, 6.07) is -0.870. The number of unbranched alkanes of at least 4 members (excludes halogenated alkanes) is 53. The lowest BCUT2D eigenvalue weighted by molar-refractivity contribution is -0.870. The van der Waals surface area contributed by atoms with Crippen molar-refractivity contribution in [3.63, 3.8) is 0 Å². The number of phosphoric ester groups is 1. The van der Waals surface area contributed by atoms with Crippen LogP contribution in [0.25, 0.3) is 0 Å². The Labute approximate surface area is 525 Å². The molecule has 498 valence electrons. The van der Waals surface area contributed by atoms with Crippen molar-refractivity contribution < 1.29 is 32.9 Å². The van der Waals surface area contributed by atoms with Crippen LogP contribution in [-0.2, 0) is 18.4 Å². The molecule has 0 heterocycles. The first-order chi connectivity index (χ1) is 41.0. The molecule has 0 aliphatic heterocycles. The molecule has 1 amide bonds. The van der Waals surface area contributed by atoms with E-state index >= 15 is 0 Å². The van der Waals surface area contributed by atoms with Gasteiger partial charge in [0.25, 0.3) is 0 Å². The maximum atomic E-state index is 13.1. The Hall–Kier alpha value is -1.28. The normalized spacial score (nSPS) is 13.8. The average molecular weight is 1200 g/mol. The maximum Gasteiger partial charge on any atom is 0.472 e. The van der Waals surface area contributed by atoms with Crippen molar-refractivity contribution in [2.24, 2.45) is 0 Å². The van der Waals surface area contributed by atoms with Gasteiger partial charge in [0.15, 0.2) is 0 Å². The number of likely N-dealkylation sites (N-methyl/N-ethyl adjacent to an activating group) is 1. The number of quaternary nitrogens is 1. The van der Waals surface area contributed by atoms with Gasteiger partial charge in [0, 0.05) is 6.42 Å². The fourth-order valence-electron chi connectivity index (χ4n) is 11.6. The van der Waals surface area contributed by atoms with E-state index in [-0.39, 0.29) is 19.1 Å². The predicted octanol–water partition coefficient (Wildman–Crippen LogP) is 24.0. The number of amides is 1. The molecule has 84 heavy (non-hydrogen) atoms. The van der Waals surface area contributed by atoms with E-state index in [9.17, 15) is 19.4 Å². The SMILES string of the molecule is CCCCCCCCCCCCCCCCCCC/C=C/CC/C=C/CC/C=C/C(O)C(COP(=O)(O)OCC[N+](C)(C)C)NC(=O)CCCCCCCCCCCCCCCCCCCCCCCCCCCCCCCCCCCCC. The zero-order valence-electron chi connectivity index (χ0n) is 57.2. The van der Waals surface area contributed by atoms with E-state index in [1.165, 1.54) is 321 Å². The number of hydrogen-bond acceptors (Lipinski definition) is 5. The van der Waals surface area contributed by atoms with Gasteiger partial charge in [-0.2, -0.15) is 0 Å². The van der Waals surface area contributed by atoms with Crippen LogP contribution in [0.15, 0.2) is 36.5 Å². The topological polar surface area (TPSA) is 105 Å². The van der Waals surface area contributed by atoms with Gasteiger partial charge in [-0.3, -0.25) is 13.8 Å². The van der Waals surface area contributed by atoms with Crippen LogP contribution in [0, 0.1) is 0 Å². The van der Waals surface area contributed by atoms with Crippen molar-refractivity contribution in [1.82, 2.24) is 5.32 Å². The van der Waals surface area contributed by atoms with Crippen molar-refractivity contribution in [2.75, 3.05) is 40.9 Å². The number of nitrogens with one attached hydrogen (secondary N) is 1. The summed E-state index contributed by atoms with van der Waals surface area (Å²) in [7, 11) is 1.56. The van der Waals surface area contributed by atoms with Crippen molar-refractivity contribution in [2.45, 2.75) is 398 Å². The number of carbonyl (C=O) groups is 1. The molecule has 0 rings (SSSR count). The summed E-state index contributed by atoms with van der Waals surface area (Å²) in [5.74, 6) is -0.182. The highest BCUT2D eigenvalue weighted by Crippen LogP contribution is 2.43. The molecule has 0 aliphatic carbocycles. The Morgan fingerprint density at radius 3 is 0.952 bits per heavy atom. The van der Waals surface area contributed by atoms with Crippen LogP contribution in [-0.4, -0.2) is 73.4 Å². The van der Waals surface area contributed by atoms with Crippen LogP contribution < -0.4 is 5.32 Å². The molecule has 0 bridgehead atoms. The Morgan fingerprint density at radius 1 is 0.393 bits per heavy atom. The zero-order valence-corrected chi connectivity index (χ0v) is 58.1. The highest BCUT2D eigenvalue weighted by atomic mass is 31.2. The van der Waals surface area contributed by atoms with E-state index < -0.39 is 20.0 Å². The summed E-state index contributed by atoms with van der Waals surface area (Å²) in [4.78, 5) is 23.4. The minimum atomic E-state index is -4.37. The average Bonchev–Trinajstić information content (AvgIpc) is 3.56. The number of carbonyl (C=O) groups excluding carboxylic acids is 1. The fraction of sp³-hybridized carbons (Fsp3) is 0.907. The summed E-state index contributed by atoms with van der Waals surface area (Å²) < 4.78 is 23.8. The van der Waals surface area contributed by atoms with E-state index in [0.29, 0.717) is 17.4 Å². The standard InChI is InChI=1S/C75H147N2O6P/c1-6-8-10-12-14-16-18-20-22-24-26-28-30-32-34-35-36-37-38-39-40-41-43-45-47-49-51-53-55-57-59-61-63-65-67-69-75(79)76-73(72-83-84(80,81)82-71-70-77(3,4)5)74(78)68-66-64-62-60-58-56-54-52-50-48-46-44-42-33-31-29-27-25-23-21-19-17-15-13-11-9-7-2/h50,52,58,60,66,68,73-74,78H,6-49,51,53-57,59,61-65,67,69-72H2,1-5H3,(H-,76,79,80,81)/p+1/b52-50+,60-58+,68-66+. The molecule has 0 fully saturated rings. The second kappa shape index (κ2) is 66.1. The molecule has 3 N–H and O–H groups in total. The van der Waals surface area contributed by atoms with E-state index in [1.807, 2.05) is 27.2 Å². The number of aliphatic hydroxyl groups excluding tert-OH is 1. The van der Waals surface area contributed by atoms with Gasteiger partial charge >= 0.3 is 7.82 Å². The Balaban J connectivity index is 4.02. The van der Waals surface area contributed by atoms with Crippen LogP contribution in [0.1, 0.15) is 386 Å². The molecular formula is C75H148N2O6P+. The fourth-order valence-corrected chi connectivity index (χ4v) is 12.3. The van der Waals surface area contributed by atoms with Crippen molar-refractivity contribution >= 4 is 13.7 Å². The Morgan fingerprint density at radius 2 is 0.655 bits per heavy atom. The number of allylic oxidation sites excluding steroid dienone is 5. The molecule has 0 saturated heterocycles. The highest BCUT2D eigenvalue weighted by molar-refractivity contribution is 7.47. The molecule has 8 nitrogen and oxygen atoms in total. The first-order valence-electron chi connectivity index (χ1n) is 37.4. The molecule has 0 aromatic heterocycles. The van der Waals surface area contributed by atoms with Gasteiger partial charge < -0.3 is 19.8 Å². The van der Waals surface area contributed by atoms with E-state index in [2.05, 4.69) is 43.5 Å². The summed E-state index contributed by atoms with van der Waals surface area (Å²) >= 11 is 0. The largest absolute Gasteiger partial charge is 0.472 e. The maximum absolute atomic E-state index is 13.1. The lowest BCUT2D eigenvalue weighted by atomic mass is 10.0. The first-order valence-corrected chi connectivity index (χ1v) is 38.9. The Bertz CT molecular complexity index is 1460. The smallest absolute Gasteiger partial charge is 0.387 e. The van der Waals surface area contributed by atoms with Gasteiger partial charge in [0.05, 0.1) is 39.9 Å². The molecule has 0 aromatic carbocycles. The number of hydrogen-bond donors (Lipinski definition) is 3. The molecule has 0 aromatic rings. The molecular weight excluding hydrogens is 1060 g/mol. The minimum Gasteiger partial charge on any atom is -0.387 e. The summed E-state index contributed by atoms with van der Waals surface area (Å²) in [5.41, 5.74) is 0. The highest BCUT2D eigenvalue weighted by Gasteiger charge is 2.28. The van der Waals surface area contributed by atoms with E-state index in [4.69, 9.17) is 9.05 Å². The summed E-state index contributed by atoms with van der Waals surface area (Å²) in [6.45, 7) is 4.85. The van der Waals surface area contributed by atoms with Gasteiger partial charge in [-0.15, -0.1) is 0 Å². The first kappa shape index (κ1) is 82.7. The van der Waals surface area contributed by atoms with Gasteiger partial charge in [-0.1, -0.05) is 371 Å². The third kappa shape index (κ3) is 68.2. The van der Waals surface area contributed by atoms with Gasteiger partial charge in [-0.05, 0) is 44.9 Å². The third-order valence-electron chi connectivity index (χ3n) is 17.3. The predicted molar refractivity (Wildman–Crippen MR) is 369 cm³/mol. The summed E-state index contributed by atoms with van der Waals surface area (Å²) in [5, 5.41) is 14.0. The van der Waals surface area contributed by atoms with Crippen LogP contribution in [0.3, 0.4) is 0 Å². The quantitative estimate of drug-likeness (QED) is 0.0243. The number of rotatable bonds is 70. The van der Waals surface area contributed by atoms with E-state index in [1.54, 1.807) is 6.08 Å². The van der Waals surface area contributed by atoms with Crippen molar-refractivity contribution in [1.29, 1.82) is 0 Å². The molecule has 0 saturated carbocycles.